The van der Waals surface area contributed by atoms with Crippen molar-refractivity contribution in [3.05, 3.63) is 59.9 Å². The molecule has 13 heteroatoms. The van der Waals surface area contributed by atoms with Crippen LogP contribution in [0.1, 0.15) is 45.0 Å². The minimum absolute atomic E-state index is 0.00739. The third-order valence-electron chi connectivity index (χ3n) is 7.79. The number of ether oxygens (including phenoxy) is 3. The smallest absolute Gasteiger partial charge is 0.249 e. The Balaban J connectivity index is 1.18. The molecular weight excluding hydrogens is 581 g/mol. The molecule has 0 spiro atoms. The molecule has 2 aromatic carbocycles. The number of halogens is 1. The minimum Gasteiger partial charge on any atom is -0.497 e. The summed E-state index contributed by atoms with van der Waals surface area (Å²) in [5.74, 6) is -0.821. The second-order valence-electron chi connectivity index (χ2n) is 11.6. The molecule has 11 nitrogen and oxygen atoms in total. The van der Waals surface area contributed by atoms with Crippen molar-refractivity contribution in [1.82, 2.24) is 14.9 Å². The summed E-state index contributed by atoms with van der Waals surface area (Å²) >= 11 is 0. The Hall–Kier alpha value is -3.10. The monoisotopic (exact) mass is 621 g/mol. The zero-order chi connectivity index (χ0) is 31.2. The summed E-state index contributed by atoms with van der Waals surface area (Å²) < 4.78 is 57.5. The van der Waals surface area contributed by atoms with Gasteiger partial charge in [-0.2, -0.15) is 4.31 Å². The maximum absolute atomic E-state index is 13.5. The Morgan fingerprint density at radius 3 is 2.49 bits per heavy atom. The van der Waals surface area contributed by atoms with E-state index in [0.717, 1.165) is 11.6 Å². The molecule has 0 aromatic heterocycles. The topological polar surface area (TPSA) is 144 Å². The van der Waals surface area contributed by atoms with E-state index in [1.807, 2.05) is 26.0 Å². The van der Waals surface area contributed by atoms with E-state index in [1.165, 1.54) is 22.5 Å². The lowest BCUT2D eigenvalue weighted by Crippen LogP contribution is -2.52. The number of methoxy groups -OCH3 is 1. The summed E-state index contributed by atoms with van der Waals surface area (Å²) in [4.78, 5) is 25.4. The molecule has 2 aliphatic rings. The number of aliphatic hydroxyl groups is 1. The Labute approximate surface area is 251 Å². The van der Waals surface area contributed by atoms with Gasteiger partial charge in [-0.3, -0.25) is 9.59 Å². The first-order chi connectivity index (χ1) is 20.4. The lowest BCUT2D eigenvalue weighted by molar-refractivity contribution is -0.258. The van der Waals surface area contributed by atoms with Gasteiger partial charge in [0.05, 0.1) is 18.6 Å². The number of amides is 2. The van der Waals surface area contributed by atoms with Crippen molar-refractivity contribution in [3.8, 4) is 5.75 Å². The van der Waals surface area contributed by atoms with Crippen LogP contribution >= 0.6 is 0 Å². The average Bonchev–Trinajstić information content (AvgIpc) is 3.00. The maximum Gasteiger partial charge on any atom is 0.249 e. The molecule has 3 N–H and O–H groups in total. The van der Waals surface area contributed by atoms with E-state index in [4.69, 9.17) is 14.2 Å². The number of nitrogens with zero attached hydrogens (tertiary/aromatic N) is 1. The van der Waals surface area contributed by atoms with Crippen LogP contribution in [0.15, 0.2) is 53.4 Å². The number of piperidine rings is 1. The molecule has 2 unspecified atom stereocenters. The van der Waals surface area contributed by atoms with Gasteiger partial charge in [0.25, 0.3) is 0 Å². The minimum atomic E-state index is -3.79. The Kier molecular flexibility index (Phi) is 10.8. The fourth-order valence-electron chi connectivity index (χ4n) is 5.11. The Morgan fingerprint density at radius 1 is 1.14 bits per heavy atom. The van der Waals surface area contributed by atoms with E-state index in [0.29, 0.717) is 25.2 Å². The molecule has 2 amide bonds. The van der Waals surface area contributed by atoms with Gasteiger partial charge in [0, 0.05) is 37.2 Å². The zero-order valence-corrected chi connectivity index (χ0v) is 25.4. The molecule has 4 rings (SSSR count). The van der Waals surface area contributed by atoms with Gasteiger partial charge in [-0.15, -0.1) is 0 Å². The summed E-state index contributed by atoms with van der Waals surface area (Å²) in [5, 5.41) is 15.8. The third-order valence-corrected chi connectivity index (χ3v) is 9.69. The standard InChI is InChI=1S/C30H40FN3O8S/c1-30(2)19-41-29(21-7-9-23(40-3)10-8-21)42-26(30)28(37)32-14-11-25(35)27(36)33-18-20-12-15-34(16-13-20)43(38,39)24-6-4-5-22(31)17-24/h4-10,17,20,25-26,29,35H,11-16,18-19H2,1-3H3,(H,32,37)(H,33,36)/t25?,26-,29?/m0/s1. The van der Waals surface area contributed by atoms with E-state index in [9.17, 15) is 27.5 Å². The van der Waals surface area contributed by atoms with Gasteiger partial charge in [0.15, 0.2) is 6.29 Å². The number of carbonyl (C=O) groups is 2. The van der Waals surface area contributed by atoms with Crippen molar-refractivity contribution < 1.29 is 41.7 Å². The highest BCUT2D eigenvalue weighted by molar-refractivity contribution is 7.89. The van der Waals surface area contributed by atoms with Gasteiger partial charge in [0.1, 0.15) is 23.8 Å². The van der Waals surface area contributed by atoms with Crippen LogP contribution in [-0.2, 0) is 29.1 Å². The van der Waals surface area contributed by atoms with Crippen molar-refractivity contribution in [3.63, 3.8) is 0 Å². The van der Waals surface area contributed by atoms with E-state index in [2.05, 4.69) is 10.6 Å². The van der Waals surface area contributed by atoms with Crippen LogP contribution in [0.4, 0.5) is 4.39 Å². The molecule has 2 heterocycles. The lowest BCUT2D eigenvalue weighted by atomic mass is 9.85. The highest BCUT2D eigenvalue weighted by Gasteiger charge is 2.43. The van der Waals surface area contributed by atoms with Crippen molar-refractivity contribution in [2.24, 2.45) is 11.3 Å². The Bertz CT molecular complexity index is 1360. The largest absolute Gasteiger partial charge is 0.497 e. The molecule has 0 aliphatic carbocycles. The van der Waals surface area contributed by atoms with E-state index < -0.39 is 45.7 Å². The van der Waals surface area contributed by atoms with Gasteiger partial charge < -0.3 is 30.0 Å². The first-order valence-electron chi connectivity index (χ1n) is 14.3. The van der Waals surface area contributed by atoms with Crippen LogP contribution in [0, 0.1) is 17.2 Å². The second-order valence-corrected chi connectivity index (χ2v) is 13.5. The molecular formula is C30H40FN3O8S. The zero-order valence-electron chi connectivity index (χ0n) is 24.6. The van der Waals surface area contributed by atoms with Gasteiger partial charge in [0.2, 0.25) is 21.8 Å². The van der Waals surface area contributed by atoms with E-state index in [-0.39, 0.29) is 49.3 Å². The number of rotatable bonds is 11. The molecule has 0 bridgehead atoms. The van der Waals surface area contributed by atoms with E-state index >= 15 is 0 Å². The third kappa shape index (κ3) is 8.30. The summed E-state index contributed by atoms with van der Waals surface area (Å²) in [6, 6.07) is 12.1. The molecule has 2 saturated heterocycles. The van der Waals surface area contributed by atoms with Gasteiger partial charge >= 0.3 is 0 Å². The quantitative estimate of drug-likeness (QED) is 0.347. The number of aliphatic hydroxyl groups excluding tert-OH is 1. The molecule has 0 saturated carbocycles. The summed E-state index contributed by atoms with van der Waals surface area (Å²) in [6.07, 6.45) is -1.83. The van der Waals surface area contributed by atoms with Gasteiger partial charge in [-0.05, 0) is 55.5 Å². The Morgan fingerprint density at radius 2 is 1.84 bits per heavy atom. The molecule has 43 heavy (non-hydrogen) atoms. The fraction of sp³-hybridized carbons (Fsp3) is 0.533. The van der Waals surface area contributed by atoms with Crippen molar-refractivity contribution in [2.75, 3.05) is 39.9 Å². The lowest BCUT2D eigenvalue weighted by Gasteiger charge is -2.41. The van der Waals surface area contributed by atoms with Crippen molar-refractivity contribution in [1.29, 1.82) is 0 Å². The molecule has 2 aliphatic heterocycles. The summed E-state index contributed by atoms with van der Waals surface area (Å²) in [5.41, 5.74) is 0.148. The van der Waals surface area contributed by atoms with Crippen molar-refractivity contribution >= 4 is 21.8 Å². The van der Waals surface area contributed by atoms with Crippen molar-refractivity contribution in [2.45, 2.75) is 56.5 Å². The van der Waals surface area contributed by atoms with Crippen LogP contribution in [0.2, 0.25) is 0 Å². The average molecular weight is 622 g/mol. The number of hydrogen-bond acceptors (Lipinski definition) is 8. The normalized spacial score (nSPS) is 22.0. The highest BCUT2D eigenvalue weighted by atomic mass is 32.2. The molecule has 236 valence electrons. The fourth-order valence-corrected chi connectivity index (χ4v) is 6.62. The van der Waals surface area contributed by atoms with Crippen LogP contribution in [0.5, 0.6) is 5.75 Å². The predicted molar refractivity (Wildman–Crippen MR) is 155 cm³/mol. The first kappa shape index (κ1) is 32.8. The number of benzene rings is 2. The molecule has 0 radical (unpaired) electrons. The number of carbonyl (C=O) groups excluding carboxylic acids is 2. The first-order valence-corrected chi connectivity index (χ1v) is 15.7. The number of nitrogens with one attached hydrogen (secondary N) is 2. The molecule has 3 atom stereocenters. The maximum atomic E-state index is 13.5. The van der Waals surface area contributed by atoms with Crippen LogP contribution < -0.4 is 15.4 Å². The van der Waals surface area contributed by atoms with Gasteiger partial charge in [-0.25, -0.2) is 12.8 Å². The highest BCUT2D eigenvalue weighted by Crippen LogP contribution is 2.37. The predicted octanol–water partition coefficient (Wildman–Crippen LogP) is 2.36. The second kappa shape index (κ2) is 14.1. The van der Waals surface area contributed by atoms with Crippen LogP contribution in [0.3, 0.4) is 0 Å². The summed E-state index contributed by atoms with van der Waals surface area (Å²) in [6.45, 7) is 4.87. The number of sulfonamides is 1. The SMILES string of the molecule is COc1ccc(C2OCC(C)(C)[C@H](C(=O)NCCC(O)C(=O)NCC3CCN(S(=O)(=O)c4cccc(F)c4)CC3)O2)cc1. The summed E-state index contributed by atoms with van der Waals surface area (Å²) in [7, 11) is -2.22. The van der Waals surface area contributed by atoms with Crippen LogP contribution in [-0.4, -0.2) is 81.7 Å². The van der Waals surface area contributed by atoms with Crippen LogP contribution in [0.25, 0.3) is 0 Å². The molecule has 2 fully saturated rings. The molecule has 2 aromatic rings. The number of hydrogen-bond donors (Lipinski definition) is 3. The van der Waals surface area contributed by atoms with E-state index in [1.54, 1.807) is 19.2 Å². The van der Waals surface area contributed by atoms with Gasteiger partial charge in [-0.1, -0.05) is 32.0 Å².